The first-order chi connectivity index (χ1) is 4.35. The van der Waals surface area contributed by atoms with Gasteiger partial charge in [-0.2, -0.15) is 0 Å². The van der Waals surface area contributed by atoms with Crippen LogP contribution < -0.4 is 0 Å². The number of hydrogen-bond acceptors (Lipinski definition) is 0. The van der Waals surface area contributed by atoms with E-state index in [0.29, 0.717) is 0 Å². The Balaban J connectivity index is 3.31. The fourth-order valence-electron chi connectivity index (χ4n) is 0.951. The molecule has 0 spiro atoms. The third kappa shape index (κ3) is 4.26. The Bertz CT molecular complexity index is 68.1. The second kappa shape index (κ2) is 5.87. The van der Waals surface area contributed by atoms with Gasteiger partial charge in [-0.3, -0.25) is 0 Å². The minimum Gasteiger partial charge on any atom is -0.0917 e. The normalized spacial score (nSPS) is 11.6. The largest absolute Gasteiger partial charge is 0.0917 e. The van der Waals surface area contributed by atoms with Gasteiger partial charge in [0.15, 0.2) is 0 Å². The molecule has 0 saturated carbocycles. The third-order valence-electron chi connectivity index (χ3n) is 1.86. The van der Waals surface area contributed by atoms with Crippen molar-refractivity contribution < 1.29 is 0 Å². The summed E-state index contributed by atoms with van der Waals surface area (Å²) in [6.07, 6.45) is 8.31. The van der Waals surface area contributed by atoms with E-state index < -0.39 is 0 Å². The van der Waals surface area contributed by atoms with Crippen molar-refractivity contribution in [3.63, 3.8) is 0 Å². The second-order valence-corrected chi connectivity index (χ2v) is 2.49. The minimum absolute atomic E-state index is 0.918. The molecule has 0 aliphatic carbocycles. The topological polar surface area (TPSA) is 0 Å². The fourth-order valence-corrected chi connectivity index (χ4v) is 0.951. The molecular formula is C9H18. The summed E-state index contributed by atoms with van der Waals surface area (Å²) < 4.78 is 0. The van der Waals surface area contributed by atoms with Gasteiger partial charge in [-0.1, -0.05) is 38.8 Å². The van der Waals surface area contributed by atoms with Crippen LogP contribution in [-0.4, -0.2) is 0 Å². The van der Waals surface area contributed by atoms with E-state index in [0.717, 1.165) is 5.92 Å². The van der Waals surface area contributed by atoms with Crippen LogP contribution in [0.5, 0.6) is 0 Å². The van der Waals surface area contributed by atoms with Crippen molar-refractivity contribution in [2.75, 3.05) is 0 Å². The standard InChI is InChI=1S/C9H18/c1-4-7-8-9(5-2)6-3/h4,7,9H,5-6,8H2,1-3H3/b7-4+. The fraction of sp³-hybridized carbons (Fsp3) is 0.778. The van der Waals surface area contributed by atoms with Gasteiger partial charge in [0.2, 0.25) is 0 Å². The van der Waals surface area contributed by atoms with Gasteiger partial charge >= 0.3 is 0 Å². The summed E-state index contributed by atoms with van der Waals surface area (Å²) in [5, 5.41) is 0. The number of hydrogen-bond donors (Lipinski definition) is 0. The second-order valence-electron chi connectivity index (χ2n) is 2.49. The van der Waals surface area contributed by atoms with E-state index in [4.69, 9.17) is 0 Å². The van der Waals surface area contributed by atoms with Gasteiger partial charge < -0.3 is 0 Å². The third-order valence-corrected chi connectivity index (χ3v) is 1.86. The van der Waals surface area contributed by atoms with Crippen molar-refractivity contribution in [3.8, 4) is 0 Å². The maximum atomic E-state index is 2.26. The van der Waals surface area contributed by atoms with Gasteiger partial charge in [0, 0.05) is 0 Å². The van der Waals surface area contributed by atoms with E-state index in [1.54, 1.807) is 0 Å². The van der Waals surface area contributed by atoms with Crippen molar-refractivity contribution in [2.24, 2.45) is 5.92 Å². The van der Waals surface area contributed by atoms with Gasteiger partial charge in [0.05, 0.1) is 0 Å². The molecule has 54 valence electrons. The summed E-state index contributed by atoms with van der Waals surface area (Å²) >= 11 is 0. The van der Waals surface area contributed by atoms with E-state index >= 15 is 0 Å². The Hall–Kier alpha value is -0.260. The van der Waals surface area contributed by atoms with Crippen LogP contribution in [0.2, 0.25) is 0 Å². The summed E-state index contributed by atoms with van der Waals surface area (Å²) in [7, 11) is 0. The molecule has 0 atom stereocenters. The van der Waals surface area contributed by atoms with Crippen molar-refractivity contribution in [1.82, 2.24) is 0 Å². The Morgan fingerprint density at radius 3 is 2.11 bits per heavy atom. The molecule has 0 amide bonds. The van der Waals surface area contributed by atoms with E-state index in [1.807, 2.05) is 0 Å². The molecule has 0 fully saturated rings. The van der Waals surface area contributed by atoms with Gasteiger partial charge in [-0.05, 0) is 19.3 Å². The maximum Gasteiger partial charge on any atom is -0.0323 e. The predicted octanol–water partition coefficient (Wildman–Crippen LogP) is 3.39. The molecule has 0 nitrogen and oxygen atoms in total. The molecule has 0 heteroatoms. The highest BCUT2D eigenvalue weighted by atomic mass is 14.0. The first-order valence-electron chi connectivity index (χ1n) is 3.96. The Kier molecular flexibility index (Phi) is 5.70. The molecule has 0 aromatic rings. The maximum absolute atomic E-state index is 2.26. The van der Waals surface area contributed by atoms with Crippen LogP contribution in [0.25, 0.3) is 0 Å². The zero-order valence-corrected chi connectivity index (χ0v) is 6.85. The minimum atomic E-state index is 0.918. The van der Waals surface area contributed by atoms with Crippen molar-refractivity contribution in [2.45, 2.75) is 40.0 Å². The molecule has 9 heavy (non-hydrogen) atoms. The van der Waals surface area contributed by atoms with Gasteiger partial charge in [0.25, 0.3) is 0 Å². The summed E-state index contributed by atoms with van der Waals surface area (Å²) in [4.78, 5) is 0. The van der Waals surface area contributed by atoms with Crippen molar-refractivity contribution >= 4 is 0 Å². The van der Waals surface area contributed by atoms with Crippen LogP contribution in [0.15, 0.2) is 12.2 Å². The van der Waals surface area contributed by atoms with E-state index in [-0.39, 0.29) is 0 Å². The molecule has 0 aromatic heterocycles. The average molecular weight is 126 g/mol. The summed E-state index contributed by atoms with van der Waals surface area (Å²) in [5.74, 6) is 0.918. The van der Waals surface area contributed by atoms with E-state index in [1.165, 1.54) is 19.3 Å². The molecule has 0 aliphatic rings. The van der Waals surface area contributed by atoms with Gasteiger partial charge in [-0.25, -0.2) is 0 Å². The molecule has 0 radical (unpaired) electrons. The highest BCUT2D eigenvalue weighted by molar-refractivity contribution is 4.79. The van der Waals surface area contributed by atoms with Gasteiger partial charge in [0.1, 0.15) is 0 Å². The Labute approximate surface area is 59.0 Å². The van der Waals surface area contributed by atoms with Crippen LogP contribution >= 0.6 is 0 Å². The first-order valence-corrected chi connectivity index (χ1v) is 3.96. The lowest BCUT2D eigenvalue weighted by molar-refractivity contribution is 0.499. The number of allylic oxidation sites excluding steroid dienone is 2. The van der Waals surface area contributed by atoms with Crippen LogP contribution in [0.3, 0.4) is 0 Å². The van der Waals surface area contributed by atoms with Crippen LogP contribution in [0.4, 0.5) is 0 Å². The highest BCUT2D eigenvalue weighted by Gasteiger charge is 1.97. The Morgan fingerprint density at radius 1 is 1.22 bits per heavy atom. The zero-order valence-electron chi connectivity index (χ0n) is 6.85. The van der Waals surface area contributed by atoms with Gasteiger partial charge in [-0.15, -0.1) is 0 Å². The molecular weight excluding hydrogens is 108 g/mol. The summed E-state index contributed by atoms with van der Waals surface area (Å²) in [6.45, 7) is 6.61. The van der Waals surface area contributed by atoms with E-state index in [2.05, 4.69) is 32.9 Å². The zero-order chi connectivity index (χ0) is 7.11. The van der Waals surface area contributed by atoms with Crippen LogP contribution in [-0.2, 0) is 0 Å². The smallest absolute Gasteiger partial charge is 0.0323 e. The molecule has 0 rings (SSSR count). The molecule has 0 heterocycles. The average Bonchev–Trinajstić information content (AvgIpc) is 1.91. The quantitative estimate of drug-likeness (QED) is 0.506. The molecule has 0 bridgehead atoms. The molecule has 0 saturated heterocycles. The monoisotopic (exact) mass is 126 g/mol. The first kappa shape index (κ1) is 8.74. The summed E-state index contributed by atoms with van der Waals surface area (Å²) in [5.41, 5.74) is 0. The van der Waals surface area contributed by atoms with Crippen LogP contribution in [0.1, 0.15) is 40.0 Å². The molecule has 0 aliphatic heterocycles. The lowest BCUT2D eigenvalue weighted by Gasteiger charge is -2.06. The lowest BCUT2D eigenvalue weighted by atomic mass is 10.00. The van der Waals surface area contributed by atoms with Crippen molar-refractivity contribution in [3.05, 3.63) is 12.2 Å². The SMILES string of the molecule is C/C=C/CC(CC)CC. The number of rotatable bonds is 4. The lowest BCUT2D eigenvalue weighted by Crippen LogP contribution is -1.92. The predicted molar refractivity (Wildman–Crippen MR) is 43.5 cm³/mol. The molecule has 0 N–H and O–H groups in total. The van der Waals surface area contributed by atoms with Crippen LogP contribution in [0, 0.1) is 5.92 Å². The molecule has 0 unspecified atom stereocenters. The highest BCUT2D eigenvalue weighted by Crippen LogP contribution is 2.12. The van der Waals surface area contributed by atoms with E-state index in [9.17, 15) is 0 Å². The molecule has 0 aromatic carbocycles. The van der Waals surface area contributed by atoms with Crippen molar-refractivity contribution in [1.29, 1.82) is 0 Å². The Morgan fingerprint density at radius 2 is 1.78 bits per heavy atom. The summed E-state index contributed by atoms with van der Waals surface area (Å²) in [6, 6.07) is 0.